The summed E-state index contributed by atoms with van der Waals surface area (Å²) in [5.41, 5.74) is 7.55. The number of nitrogens with two attached hydrogens (primary N) is 1. The van der Waals surface area contributed by atoms with Gasteiger partial charge in [0.25, 0.3) is 0 Å². The summed E-state index contributed by atoms with van der Waals surface area (Å²) in [6.45, 7) is 0.0777. The lowest BCUT2D eigenvalue weighted by molar-refractivity contribution is -0.111. The Labute approximate surface area is 199 Å². The normalized spacial score (nSPS) is 12.8. The molecule has 2 atom stereocenters. The minimum absolute atomic E-state index is 0.0939. The number of aliphatic hydroxyl groups excluding tert-OH is 2. The quantitative estimate of drug-likeness (QED) is 0.238. The molecule has 5 N–H and O–H groups in total. The van der Waals surface area contributed by atoms with Crippen molar-refractivity contribution in [3.05, 3.63) is 96.6 Å². The molecular weight excluding hydrogens is 432 g/mol. The minimum atomic E-state index is -0.927. The number of carbonyl (C=O) groups excluding carboxylic acids is 1. The van der Waals surface area contributed by atoms with Crippen LogP contribution >= 0.6 is 0 Å². The highest BCUT2D eigenvalue weighted by atomic mass is 16.5. The van der Waals surface area contributed by atoms with E-state index >= 15 is 0 Å². The first kappa shape index (κ1) is 24.8. The van der Waals surface area contributed by atoms with Crippen molar-refractivity contribution >= 4 is 17.3 Å². The SMILES string of the molecule is Nc1ccccc1NC(=O)/C=C/CC[C@@H](Oc1ccccc1)[C@H](O)c1cccc(OCCO)c1. The van der Waals surface area contributed by atoms with E-state index in [0.717, 1.165) is 0 Å². The number of amides is 1. The van der Waals surface area contributed by atoms with E-state index in [1.54, 1.807) is 54.6 Å². The number of ether oxygens (including phenoxy) is 2. The zero-order valence-electron chi connectivity index (χ0n) is 18.8. The van der Waals surface area contributed by atoms with Crippen LogP contribution in [0.4, 0.5) is 11.4 Å². The summed E-state index contributed by atoms with van der Waals surface area (Å²) in [7, 11) is 0. The average Bonchev–Trinajstić information content (AvgIpc) is 2.86. The Balaban J connectivity index is 1.65. The van der Waals surface area contributed by atoms with Gasteiger partial charge in [-0.3, -0.25) is 4.79 Å². The van der Waals surface area contributed by atoms with Gasteiger partial charge >= 0.3 is 0 Å². The second-order valence-corrected chi connectivity index (χ2v) is 7.61. The number of anilines is 2. The highest BCUT2D eigenvalue weighted by molar-refractivity contribution is 6.01. The van der Waals surface area contributed by atoms with Crippen molar-refractivity contribution in [2.24, 2.45) is 0 Å². The predicted molar refractivity (Wildman–Crippen MR) is 133 cm³/mol. The van der Waals surface area contributed by atoms with Crippen LogP contribution < -0.4 is 20.5 Å². The van der Waals surface area contributed by atoms with Crippen LogP contribution in [0.1, 0.15) is 24.5 Å². The third-order valence-electron chi connectivity index (χ3n) is 5.05. The van der Waals surface area contributed by atoms with Gasteiger partial charge in [0.05, 0.1) is 18.0 Å². The molecule has 0 aliphatic heterocycles. The Morgan fingerprint density at radius 2 is 1.74 bits per heavy atom. The lowest BCUT2D eigenvalue weighted by atomic mass is 10.00. The summed E-state index contributed by atoms with van der Waals surface area (Å²) in [5.74, 6) is 0.911. The van der Waals surface area contributed by atoms with Crippen molar-refractivity contribution in [1.29, 1.82) is 0 Å². The van der Waals surface area contributed by atoms with Gasteiger partial charge in [0.1, 0.15) is 30.3 Å². The first-order chi connectivity index (χ1) is 16.6. The first-order valence-corrected chi connectivity index (χ1v) is 11.1. The summed E-state index contributed by atoms with van der Waals surface area (Å²) >= 11 is 0. The lowest BCUT2D eigenvalue weighted by Crippen LogP contribution is -2.25. The molecule has 34 heavy (non-hydrogen) atoms. The van der Waals surface area contributed by atoms with Gasteiger partial charge in [0, 0.05) is 0 Å². The van der Waals surface area contributed by atoms with Crippen molar-refractivity contribution in [3.8, 4) is 11.5 Å². The van der Waals surface area contributed by atoms with Crippen LogP contribution in [-0.4, -0.2) is 35.4 Å². The zero-order chi connectivity index (χ0) is 24.2. The molecule has 7 heteroatoms. The molecule has 0 saturated carbocycles. The topological polar surface area (TPSA) is 114 Å². The van der Waals surface area contributed by atoms with E-state index in [2.05, 4.69) is 5.32 Å². The number of nitrogens with one attached hydrogen (secondary N) is 1. The summed E-state index contributed by atoms with van der Waals surface area (Å²) in [6.07, 6.45) is 2.67. The summed E-state index contributed by atoms with van der Waals surface area (Å²) in [6, 6.07) is 23.4. The van der Waals surface area contributed by atoms with Crippen molar-refractivity contribution in [3.63, 3.8) is 0 Å². The number of benzene rings is 3. The van der Waals surface area contributed by atoms with Crippen LogP contribution in [0.25, 0.3) is 0 Å². The summed E-state index contributed by atoms with van der Waals surface area (Å²) in [5, 5.41) is 22.8. The Kier molecular flexibility index (Phi) is 9.52. The van der Waals surface area contributed by atoms with Crippen molar-refractivity contribution in [2.45, 2.75) is 25.0 Å². The molecule has 0 aliphatic carbocycles. The molecular formula is C27H30N2O5. The molecule has 1 amide bonds. The molecule has 0 aliphatic rings. The molecule has 0 radical (unpaired) electrons. The first-order valence-electron chi connectivity index (χ1n) is 11.1. The van der Waals surface area contributed by atoms with Crippen LogP contribution in [0.15, 0.2) is 91.0 Å². The van der Waals surface area contributed by atoms with E-state index in [0.29, 0.717) is 41.3 Å². The van der Waals surface area contributed by atoms with E-state index in [9.17, 15) is 9.90 Å². The number of rotatable bonds is 12. The molecule has 0 heterocycles. The fourth-order valence-electron chi connectivity index (χ4n) is 3.36. The van der Waals surface area contributed by atoms with Gasteiger partial charge in [-0.25, -0.2) is 0 Å². The Hall–Kier alpha value is -3.81. The Morgan fingerprint density at radius 1 is 1.00 bits per heavy atom. The molecule has 0 aromatic heterocycles. The Bertz CT molecular complexity index is 1070. The fraction of sp³-hybridized carbons (Fsp3) is 0.222. The summed E-state index contributed by atoms with van der Waals surface area (Å²) in [4.78, 5) is 12.2. The molecule has 7 nitrogen and oxygen atoms in total. The van der Waals surface area contributed by atoms with E-state index in [1.165, 1.54) is 6.08 Å². The van der Waals surface area contributed by atoms with Gasteiger partial charge in [-0.15, -0.1) is 0 Å². The van der Waals surface area contributed by atoms with E-state index in [4.69, 9.17) is 20.3 Å². The van der Waals surface area contributed by atoms with Crippen molar-refractivity contribution < 1.29 is 24.5 Å². The summed E-state index contributed by atoms with van der Waals surface area (Å²) < 4.78 is 11.5. The monoisotopic (exact) mass is 462 g/mol. The molecule has 3 aromatic rings. The van der Waals surface area contributed by atoms with Crippen LogP contribution in [0.2, 0.25) is 0 Å². The minimum Gasteiger partial charge on any atom is -0.491 e. The molecule has 0 spiro atoms. The van der Waals surface area contributed by atoms with Crippen LogP contribution in [0.3, 0.4) is 0 Å². The number of aliphatic hydroxyl groups is 2. The average molecular weight is 463 g/mol. The smallest absolute Gasteiger partial charge is 0.248 e. The number of para-hydroxylation sites is 3. The van der Waals surface area contributed by atoms with Crippen LogP contribution in [-0.2, 0) is 4.79 Å². The van der Waals surface area contributed by atoms with Crippen molar-refractivity contribution in [2.75, 3.05) is 24.3 Å². The van der Waals surface area contributed by atoms with Crippen LogP contribution in [0.5, 0.6) is 11.5 Å². The number of carbonyl (C=O) groups is 1. The van der Waals surface area contributed by atoms with Gasteiger partial charge < -0.3 is 30.7 Å². The van der Waals surface area contributed by atoms with Gasteiger partial charge in [0.15, 0.2) is 0 Å². The molecule has 178 valence electrons. The predicted octanol–water partition coefficient (Wildman–Crippen LogP) is 4.10. The molecule has 0 saturated heterocycles. The largest absolute Gasteiger partial charge is 0.491 e. The lowest BCUT2D eigenvalue weighted by Gasteiger charge is -2.24. The maximum atomic E-state index is 12.2. The second-order valence-electron chi connectivity index (χ2n) is 7.61. The number of hydrogen-bond donors (Lipinski definition) is 4. The number of hydrogen-bond acceptors (Lipinski definition) is 6. The molecule has 0 bridgehead atoms. The van der Waals surface area contributed by atoms with E-state index in [1.807, 2.05) is 30.3 Å². The van der Waals surface area contributed by atoms with Gasteiger partial charge in [-0.1, -0.05) is 48.5 Å². The van der Waals surface area contributed by atoms with Crippen molar-refractivity contribution in [1.82, 2.24) is 0 Å². The third-order valence-corrected chi connectivity index (χ3v) is 5.05. The number of allylic oxidation sites excluding steroid dienone is 1. The molecule has 0 unspecified atom stereocenters. The standard InChI is InChI=1S/C27H30N2O5/c28-23-13-4-5-14-24(23)29-26(31)16-7-6-15-25(34-21-10-2-1-3-11-21)27(32)20-9-8-12-22(19-20)33-18-17-30/h1-5,7-14,16,19,25,27,30,32H,6,15,17-18,28H2,(H,29,31)/b16-7+/t25-,27-/m1/s1. The third kappa shape index (κ3) is 7.65. The zero-order valence-corrected chi connectivity index (χ0v) is 18.8. The maximum Gasteiger partial charge on any atom is 0.248 e. The Morgan fingerprint density at radius 3 is 2.50 bits per heavy atom. The van der Waals surface area contributed by atoms with E-state index in [-0.39, 0.29) is 19.1 Å². The fourth-order valence-corrected chi connectivity index (χ4v) is 3.36. The van der Waals surface area contributed by atoms with Gasteiger partial charge in [-0.2, -0.15) is 0 Å². The molecule has 3 aromatic carbocycles. The second kappa shape index (κ2) is 13.0. The van der Waals surface area contributed by atoms with Gasteiger partial charge in [0.2, 0.25) is 5.91 Å². The maximum absolute atomic E-state index is 12.2. The highest BCUT2D eigenvalue weighted by Gasteiger charge is 2.23. The van der Waals surface area contributed by atoms with Crippen LogP contribution in [0, 0.1) is 0 Å². The molecule has 0 fully saturated rings. The number of nitrogen functional groups attached to an aromatic ring is 1. The molecule has 3 rings (SSSR count). The van der Waals surface area contributed by atoms with Gasteiger partial charge in [-0.05, 0) is 60.9 Å². The van der Waals surface area contributed by atoms with E-state index < -0.39 is 12.2 Å². The highest BCUT2D eigenvalue weighted by Crippen LogP contribution is 2.27.